The minimum absolute atomic E-state index is 0. The molecule has 0 aromatic carbocycles. The van der Waals surface area contributed by atoms with Gasteiger partial charge in [-0.05, 0) is 0 Å². The number of hydrogen-bond acceptors (Lipinski definition) is 3. The minimum Gasteiger partial charge on any atom is -0.424 e. The van der Waals surface area contributed by atoms with Crippen LogP contribution in [0.3, 0.4) is 0 Å². The van der Waals surface area contributed by atoms with E-state index in [1.54, 1.807) is 0 Å². The summed E-state index contributed by atoms with van der Waals surface area (Å²) in [6, 6.07) is 0. The van der Waals surface area contributed by atoms with Crippen LogP contribution >= 0.6 is 0 Å². The van der Waals surface area contributed by atoms with Crippen LogP contribution in [-0.2, 0) is 19.1 Å². The van der Waals surface area contributed by atoms with Crippen molar-refractivity contribution in [3.05, 3.63) is 0 Å². The van der Waals surface area contributed by atoms with Gasteiger partial charge in [0.25, 0.3) is 0 Å². The Morgan fingerprint density at radius 1 is 1.00 bits per heavy atom. The summed E-state index contributed by atoms with van der Waals surface area (Å²) < 4.78 is 20.7. The van der Waals surface area contributed by atoms with Crippen molar-refractivity contribution in [2.24, 2.45) is 0 Å². The Kier molecular flexibility index (Phi) is 6.11. The first-order valence-electron chi connectivity index (χ1n) is 3.39. The maximum Gasteiger partial charge on any atom is 1.00 e. The third-order valence-electron chi connectivity index (χ3n) is 1.82. The monoisotopic (exact) mass is 170 g/mol. The van der Waals surface area contributed by atoms with Gasteiger partial charge in [-0.15, -0.1) is 0 Å². The zero-order chi connectivity index (χ0) is 6.69. The van der Waals surface area contributed by atoms with Gasteiger partial charge in [-0.25, -0.2) is 0 Å². The second kappa shape index (κ2) is 5.58. The maximum atomic E-state index is 10.4. The standard InChI is InChI=1S/C6H11O2S.Na/c7-9(8)6-4-2-1-3-5-6;/h6H,1-5H2;/q-1;+1. The molecule has 0 saturated heterocycles. The fraction of sp³-hybridized carbons (Fsp3) is 1.00. The van der Waals surface area contributed by atoms with Crippen LogP contribution in [0.5, 0.6) is 0 Å². The molecular formula is C6H11NaO2S. The molecule has 0 bridgehead atoms. The van der Waals surface area contributed by atoms with E-state index in [0.717, 1.165) is 25.7 Å². The second-order valence-electron chi connectivity index (χ2n) is 2.52. The fourth-order valence-electron chi connectivity index (χ4n) is 1.26. The molecule has 2 nitrogen and oxygen atoms in total. The molecule has 4 heteroatoms. The van der Waals surface area contributed by atoms with E-state index in [4.69, 9.17) is 0 Å². The van der Waals surface area contributed by atoms with Crippen LogP contribution in [0.4, 0.5) is 0 Å². The summed E-state index contributed by atoms with van der Waals surface area (Å²) in [5, 5.41) is -0.0289. The van der Waals surface area contributed by atoms with Crippen LogP contribution < -0.4 is 29.6 Å². The van der Waals surface area contributed by atoms with Crippen LogP contribution in [0.2, 0.25) is 0 Å². The Morgan fingerprint density at radius 3 is 1.80 bits per heavy atom. The summed E-state index contributed by atoms with van der Waals surface area (Å²) in [7, 11) is -1.80. The second-order valence-corrected chi connectivity index (χ2v) is 3.71. The van der Waals surface area contributed by atoms with E-state index in [1.165, 1.54) is 6.42 Å². The molecule has 54 valence electrons. The van der Waals surface area contributed by atoms with Crippen molar-refractivity contribution in [3.8, 4) is 0 Å². The van der Waals surface area contributed by atoms with Gasteiger partial charge in [0.05, 0.1) is 0 Å². The van der Waals surface area contributed by atoms with Crippen LogP contribution in [0, 0.1) is 0 Å². The van der Waals surface area contributed by atoms with Crippen molar-refractivity contribution in [3.63, 3.8) is 0 Å². The Hall–Kier alpha value is 0.950. The van der Waals surface area contributed by atoms with Crippen LogP contribution in [0.15, 0.2) is 0 Å². The van der Waals surface area contributed by atoms with Gasteiger partial charge in [0, 0.05) is 0 Å². The van der Waals surface area contributed by atoms with E-state index in [-0.39, 0.29) is 34.8 Å². The Labute approximate surface area is 85.6 Å². The molecule has 10 heavy (non-hydrogen) atoms. The van der Waals surface area contributed by atoms with Gasteiger partial charge in [0.1, 0.15) is 0 Å². The largest absolute Gasteiger partial charge is 1.00 e. The van der Waals surface area contributed by atoms with Gasteiger partial charge in [-0.2, -0.15) is 0 Å². The summed E-state index contributed by atoms with van der Waals surface area (Å²) in [4.78, 5) is 0. The summed E-state index contributed by atoms with van der Waals surface area (Å²) in [5.41, 5.74) is 0. The summed E-state index contributed by atoms with van der Waals surface area (Å²) in [5.74, 6) is 0. The molecular weight excluding hydrogens is 159 g/mol. The van der Waals surface area contributed by atoms with Crippen molar-refractivity contribution in [1.29, 1.82) is 0 Å². The van der Waals surface area contributed by atoms with Crippen LogP contribution in [-0.4, -0.2) is 5.25 Å². The molecule has 1 saturated carbocycles. The normalized spacial score (nSPS) is 20.5. The fourth-order valence-corrected chi connectivity index (χ4v) is 1.98. The number of hydrogen-bond donors (Lipinski definition) is 0. The molecule has 1 aliphatic rings. The van der Waals surface area contributed by atoms with E-state index in [0.29, 0.717) is 0 Å². The first-order valence-corrected chi connectivity index (χ1v) is 4.52. The average molecular weight is 170 g/mol. The molecule has 0 aromatic heterocycles. The molecule has 0 unspecified atom stereocenters. The molecule has 0 aliphatic heterocycles. The van der Waals surface area contributed by atoms with E-state index < -0.39 is 10.7 Å². The average Bonchev–Trinajstić information content (AvgIpc) is 1.90. The smallest absolute Gasteiger partial charge is 0.424 e. The minimum atomic E-state index is -1.80. The van der Waals surface area contributed by atoms with Crippen molar-refractivity contribution >= 4 is 10.7 Å². The first-order chi connectivity index (χ1) is 4.30. The number of rotatable bonds is 1. The zero-order valence-corrected chi connectivity index (χ0v) is 9.15. The van der Waals surface area contributed by atoms with Gasteiger partial charge in [-0.1, -0.05) is 48.1 Å². The van der Waals surface area contributed by atoms with Crippen molar-refractivity contribution in [1.82, 2.24) is 0 Å². The SMILES string of the molecule is O=[S-](=O)C1CCCCC1.[Na+]. The quantitative estimate of drug-likeness (QED) is 0.359. The summed E-state index contributed by atoms with van der Waals surface area (Å²) in [6.45, 7) is 0. The predicted molar refractivity (Wildman–Crippen MR) is 35.6 cm³/mol. The van der Waals surface area contributed by atoms with Crippen LogP contribution in [0.25, 0.3) is 0 Å². The zero-order valence-electron chi connectivity index (χ0n) is 6.34. The predicted octanol–water partition coefficient (Wildman–Crippen LogP) is -1.37. The van der Waals surface area contributed by atoms with Crippen molar-refractivity contribution in [2.45, 2.75) is 37.4 Å². The molecule has 1 rings (SSSR count). The van der Waals surface area contributed by atoms with E-state index >= 15 is 0 Å². The molecule has 0 radical (unpaired) electrons. The first kappa shape index (κ1) is 11.0. The summed E-state index contributed by atoms with van der Waals surface area (Å²) in [6.07, 6.45) is 5.18. The summed E-state index contributed by atoms with van der Waals surface area (Å²) >= 11 is 0. The molecule has 0 N–H and O–H groups in total. The van der Waals surface area contributed by atoms with Gasteiger partial charge < -0.3 is 8.42 Å². The molecule has 0 aromatic rings. The van der Waals surface area contributed by atoms with E-state index in [9.17, 15) is 8.42 Å². The van der Waals surface area contributed by atoms with E-state index in [2.05, 4.69) is 0 Å². The molecule has 1 fully saturated rings. The molecule has 0 amide bonds. The Balaban J connectivity index is 0.000000810. The molecule has 1 aliphatic carbocycles. The van der Waals surface area contributed by atoms with Crippen molar-refractivity contribution in [2.75, 3.05) is 0 Å². The van der Waals surface area contributed by atoms with Gasteiger partial charge >= 0.3 is 29.6 Å². The third-order valence-corrected chi connectivity index (χ3v) is 2.84. The molecule has 0 spiro atoms. The van der Waals surface area contributed by atoms with Gasteiger partial charge in [0.2, 0.25) is 0 Å². The van der Waals surface area contributed by atoms with E-state index in [1.807, 2.05) is 0 Å². The molecule has 0 heterocycles. The van der Waals surface area contributed by atoms with Crippen molar-refractivity contribution < 1.29 is 38.0 Å². The van der Waals surface area contributed by atoms with Crippen LogP contribution in [0.1, 0.15) is 32.1 Å². The Morgan fingerprint density at radius 2 is 1.50 bits per heavy atom. The maximum absolute atomic E-state index is 10.4. The van der Waals surface area contributed by atoms with Gasteiger partial charge in [0.15, 0.2) is 0 Å². The Bertz CT molecular complexity index is 142. The molecule has 0 atom stereocenters. The van der Waals surface area contributed by atoms with Gasteiger partial charge in [-0.3, -0.25) is 0 Å². The third kappa shape index (κ3) is 3.37. The topological polar surface area (TPSA) is 34.1 Å².